The lowest BCUT2D eigenvalue weighted by Crippen LogP contribution is -2.31. The van der Waals surface area contributed by atoms with E-state index in [2.05, 4.69) is 218 Å². The number of anilines is 6. The van der Waals surface area contributed by atoms with Gasteiger partial charge in [-0.15, -0.1) is 0 Å². The molecule has 0 radical (unpaired) electrons. The second-order valence-electron chi connectivity index (χ2n) is 20.6. The molecule has 0 unspecified atom stereocenters. The first-order chi connectivity index (χ1) is 35.1. The quantitative estimate of drug-likeness (QED) is 0.128. The molecule has 4 heterocycles. The maximum Gasteiger partial charge on any atom is 0.187 e. The molecule has 6 nitrogen and oxygen atoms in total. The summed E-state index contributed by atoms with van der Waals surface area (Å²) in [5.74, 6) is 0. The van der Waals surface area contributed by atoms with E-state index < -0.39 is 10.8 Å². The number of hydrogen-bond donors (Lipinski definition) is 0. The zero-order valence-electron chi connectivity index (χ0n) is 39.9. The molecule has 0 saturated heterocycles. The summed E-state index contributed by atoms with van der Waals surface area (Å²) in [5.41, 5.74) is 13.8. The Kier molecular flexibility index (Phi) is 7.95. The van der Waals surface area contributed by atoms with Crippen molar-refractivity contribution in [1.29, 1.82) is 5.26 Å². The topological polar surface area (TPSA) is 60.9 Å². The van der Waals surface area contributed by atoms with Crippen LogP contribution in [0.25, 0.3) is 91.8 Å². The summed E-state index contributed by atoms with van der Waals surface area (Å²) in [6.45, 7) is 17.7. The molecule has 13 aromatic rings. The lowest BCUT2D eigenvalue weighted by atomic mass is 9.72. The van der Waals surface area contributed by atoms with Gasteiger partial charge in [-0.2, -0.15) is 5.26 Å². The molecular weight excluding hydrogens is 881 g/mol. The van der Waals surface area contributed by atoms with E-state index in [1.807, 2.05) is 12.1 Å². The fourth-order valence-electron chi connectivity index (χ4n) is 12.8. The van der Waals surface area contributed by atoms with Crippen LogP contribution in [0.3, 0.4) is 0 Å². The Morgan fingerprint density at radius 2 is 0.889 bits per heavy atom. The summed E-state index contributed by atoms with van der Waals surface area (Å²) in [6.07, 6.45) is 0. The predicted molar refractivity (Wildman–Crippen MR) is 296 cm³/mol. The highest BCUT2D eigenvalue weighted by molar-refractivity contribution is 6.29. The minimum atomic E-state index is -0.421. The third-order valence-corrected chi connectivity index (χ3v) is 16.2. The highest BCUT2D eigenvalue weighted by Gasteiger charge is 2.43. The monoisotopic (exact) mass is 922 g/mol. The fraction of sp³-hybridized carbons (Fsp3) is 0.0909. The van der Waals surface area contributed by atoms with Gasteiger partial charge in [0.1, 0.15) is 11.2 Å². The average molecular weight is 923 g/mol. The molecule has 0 saturated carbocycles. The molecule has 6 heteroatoms. The first-order valence-corrected chi connectivity index (χ1v) is 24.5. The van der Waals surface area contributed by atoms with E-state index in [0.717, 1.165) is 132 Å². The van der Waals surface area contributed by atoms with Gasteiger partial charge in [0.05, 0.1) is 52.3 Å². The van der Waals surface area contributed by atoms with Crippen molar-refractivity contribution in [1.82, 2.24) is 0 Å². The van der Waals surface area contributed by atoms with Crippen molar-refractivity contribution in [2.45, 2.75) is 38.5 Å². The van der Waals surface area contributed by atoms with Gasteiger partial charge in [-0.05, 0) is 91.6 Å². The average Bonchev–Trinajstić information content (AvgIpc) is 4.01. The van der Waals surface area contributed by atoms with Gasteiger partial charge in [0, 0.05) is 48.5 Å². The summed E-state index contributed by atoms with van der Waals surface area (Å²) >= 11 is 0. The number of fused-ring (bicyclic) bond motifs is 18. The van der Waals surface area contributed by atoms with Gasteiger partial charge < -0.3 is 18.6 Å². The van der Waals surface area contributed by atoms with Crippen LogP contribution in [0.4, 0.5) is 39.8 Å². The highest BCUT2D eigenvalue weighted by atomic mass is 16.3. The Balaban J connectivity index is 1.12. The summed E-state index contributed by atoms with van der Waals surface area (Å²) in [4.78, 5) is 8.90. The lowest BCUT2D eigenvalue weighted by Gasteiger charge is -2.44. The van der Waals surface area contributed by atoms with Crippen molar-refractivity contribution < 1.29 is 8.83 Å². The number of nitriles is 1. The van der Waals surface area contributed by atoms with Gasteiger partial charge in [0.15, 0.2) is 16.9 Å². The van der Waals surface area contributed by atoms with Crippen LogP contribution in [0.15, 0.2) is 191 Å². The number of hydrogen-bond acceptors (Lipinski definition) is 5. The Morgan fingerprint density at radius 3 is 1.40 bits per heavy atom. The first-order valence-electron chi connectivity index (χ1n) is 24.5. The highest BCUT2D eigenvalue weighted by Crippen LogP contribution is 2.62. The molecule has 0 spiro atoms. The second-order valence-corrected chi connectivity index (χ2v) is 20.6. The van der Waals surface area contributed by atoms with E-state index in [-0.39, 0.29) is 0 Å². The third kappa shape index (κ3) is 5.15. The number of furan rings is 2. The predicted octanol–water partition coefficient (Wildman–Crippen LogP) is 18.7. The van der Waals surface area contributed by atoms with E-state index in [9.17, 15) is 5.26 Å². The maximum absolute atomic E-state index is 10.8. The van der Waals surface area contributed by atoms with E-state index >= 15 is 0 Å². The van der Waals surface area contributed by atoms with Crippen LogP contribution < -0.4 is 9.80 Å². The maximum atomic E-state index is 10.8. The molecule has 0 atom stereocenters. The minimum absolute atomic E-state index is 0.420. The van der Waals surface area contributed by atoms with Gasteiger partial charge in [0.25, 0.3) is 0 Å². The minimum Gasteiger partial charge on any atom is -0.454 e. The Hall–Kier alpha value is -9.36. The molecule has 15 rings (SSSR count). The lowest BCUT2D eigenvalue weighted by molar-refractivity contribution is 0.624. The smallest absolute Gasteiger partial charge is 0.187 e. The van der Waals surface area contributed by atoms with Crippen molar-refractivity contribution >= 4 is 127 Å². The van der Waals surface area contributed by atoms with E-state index in [1.54, 1.807) is 0 Å². The molecule has 0 amide bonds. The molecule has 0 N–H and O–H groups in total. The molecule has 72 heavy (non-hydrogen) atoms. The van der Waals surface area contributed by atoms with Crippen molar-refractivity contribution in [2.75, 3.05) is 9.80 Å². The number of rotatable bonds is 2. The summed E-state index contributed by atoms with van der Waals surface area (Å²) in [6, 6.07) is 66.7. The van der Waals surface area contributed by atoms with Gasteiger partial charge in [-0.25, -0.2) is 4.85 Å². The molecule has 0 bridgehead atoms. The van der Waals surface area contributed by atoms with E-state index in [0.29, 0.717) is 11.3 Å². The van der Waals surface area contributed by atoms with Crippen LogP contribution >= 0.6 is 0 Å². The number of benzene rings is 11. The molecule has 338 valence electrons. The number of nitrogens with zero attached hydrogens (tertiary/aromatic N) is 4. The van der Waals surface area contributed by atoms with Crippen molar-refractivity contribution in [3.8, 4) is 6.07 Å². The van der Waals surface area contributed by atoms with Crippen LogP contribution in [-0.2, 0) is 10.8 Å². The molecule has 2 aliphatic rings. The molecule has 0 aliphatic carbocycles. The summed E-state index contributed by atoms with van der Waals surface area (Å²) in [5, 5.41) is 23.3. The van der Waals surface area contributed by atoms with Crippen molar-refractivity contribution in [2.24, 2.45) is 0 Å². The van der Waals surface area contributed by atoms with Crippen molar-refractivity contribution in [3.05, 3.63) is 221 Å². The third-order valence-electron chi connectivity index (χ3n) is 16.2. The zero-order valence-corrected chi connectivity index (χ0v) is 39.9. The van der Waals surface area contributed by atoms with Gasteiger partial charge in [-0.1, -0.05) is 167 Å². The normalized spacial score (nSPS) is 14.5. The first kappa shape index (κ1) is 40.5. The Labute approximate surface area is 414 Å². The van der Waals surface area contributed by atoms with Crippen LogP contribution in [0.5, 0.6) is 0 Å². The molecular formula is C66H42N4O2. The molecule has 2 aliphatic heterocycles. The van der Waals surface area contributed by atoms with Crippen LogP contribution in [0, 0.1) is 17.9 Å². The van der Waals surface area contributed by atoms with Gasteiger partial charge in [-0.3, -0.25) is 0 Å². The fourth-order valence-corrected chi connectivity index (χ4v) is 12.8. The summed E-state index contributed by atoms with van der Waals surface area (Å²) in [7, 11) is 0. The standard InChI is InChI=1S/C66H42N4O2/c1-65(2)49-18-10-12-20-53(49)69(61-51(65)30-28-45-57-41-16-8-6-14-38(41)23-32-55(57)71-63(45)61)59-44-27-25-40(68-5)35-48(44)60(43-26-22-37(36-67)34-47(43)59)70-54-21-13-11-19-50(54)66(3,4)52-31-29-46-58-42-17-9-7-15-39(42)24-33-56(58)72-64(46)62(52)70/h6-35H,1-4H3. The molecule has 0 fully saturated rings. The van der Waals surface area contributed by atoms with Crippen LogP contribution in [-0.4, -0.2) is 0 Å². The van der Waals surface area contributed by atoms with E-state index in [1.165, 1.54) is 11.1 Å². The largest absolute Gasteiger partial charge is 0.454 e. The zero-order chi connectivity index (χ0) is 48.4. The van der Waals surface area contributed by atoms with Gasteiger partial charge >= 0.3 is 0 Å². The SMILES string of the molecule is [C-]#[N+]c1ccc2c(N3c4ccccc4C(C)(C)c4ccc5c(oc6ccc7ccccc7c65)c43)c3cc(C#N)ccc3c(N3c4ccccc4C(C)(C)c4ccc5c(oc6ccc7ccccc7c65)c43)c2c1. The summed E-state index contributed by atoms with van der Waals surface area (Å²) < 4.78 is 14.4. The van der Waals surface area contributed by atoms with Crippen LogP contribution in [0.2, 0.25) is 0 Å². The second kappa shape index (κ2) is 14.1. The number of para-hydroxylation sites is 2. The van der Waals surface area contributed by atoms with Gasteiger partial charge in [0.2, 0.25) is 0 Å². The Bertz CT molecular complexity index is 4390. The van der Waals surface area contributed by atoms with Crippen molar-refractivity contribution in [3.63, 3.8) is 0 Å². The molecule has 2 aromatic heterocycles. The van der Waals surface area contributed by atoms with Crippen LogP contribution in [0.1, 0.15) is 55.5 Å². The Morgan fingerprint density at radius 1 is 0.431 bits per heavy atom. The van der Waals surface area contributed by atoms with E-state index in [4.69, 9.17) is 15.4 Å². The molecule has 11 aromatic carbocycles.